The molecule has 0 fully saturated rings. The van der Waals surface area contributed by atoms with Crippen LogP contribution in [-0.4, -0.2) is 22.8 Å². The van der Waals surface area contributed by atoms with E-state index in [1.54, 1.807) is 6.07 Å². The SMILES string of the molecule is Cc1cccc2c1C(=O)N[C@@H](Cc1c[nH]c3ccccc13)C(=O)N2. The molecule has 3 N–H and O–H groups in total. The van der Waals surface area contributed by atoms with Gasteiger partial charge in [0.05, 0.1) is 11.3 Å². The first-order valence-corrected chi connectivity index (χ1v) is 7.90. The Labute approximate surface area is 139 Å². The third kappa shape index (κ3) is 2.34. The quantitative estimate of drug-likeness (QED) is 0.679. The number of carbonyl (C=O) groups is 2. The highest BCUT2D eigenvalue weighted by Gasteiger charge is 2.29. The lowest BCUT2D eigenvalue weighted by molar-refractivity contribution is -0.117. The fraction of sp³-hybridized carbons (Fsp3) is 0.158. The van der Waals surface area contributed by atoms with Gasteiger partial charge in [-0.3, -0.25) is 9.59 Å². The first-order valence-electron chi connectivity index (χ1n) is 7.90. The van der Waals surface area contributed by atoms with Gasteiger partial charge >= 0.3 is 0 Å². The average molecular weight is 319 g/mol. The second kappa shape index (κ2) is 5.53. The van der Waals surface area contributed by atoms with Gasteiger partial charge in [0, 0.05) is 23.5 Å². The van der Waals surface area contributed by atoms with E-state index in [0.29, 0.717) is 17.7 Å². The van der Waals surface area contributed by atoms with E-state index in [2.05, 4.69) is 15.6 Å². The Morgan fingerprint density at radius 2 is 1.88 bits per heavy atom. The fourth-order valence-electron chi connectivity index (χ4n) is 3.25. The highest BCUT2D eigenvalue weighted by Crippen LogP contribution is 2.24. The molecule has 0 spiro atoms. The van der Waals surface area contributed by atoms with Crippen molar-refractivity contribution < 1.29 is 9.59 Å². The predicted molar refractivity (Wildman–Crippen MR) is 93.1 cm³/mol. The minimum atomic E-state index is -0.608. The van der Waals surface area contributed by atoms with Gasteiger partial charge in [-0.1, -0.05) is 30.3 Å². The Hall–Kier alpha value is -3.08. The van der Waals surface area contributed by atoms with Crippen LogP contribution < -0.4 is 10.6 Å². The molecular weight excluding hydrogens is 302 g/mol. The molecule has 1 aliphatic rings. The molecule has 1 atom stereocenters. The van der Waals surface area contributed by atoms with E-state index in [1.165, 1.54) is 0 Å². The number of hydrogen-bond donors (Lipinski definition) is 3. The van der Waals surface area contributed by atoms with Gasteiger partial charge in [0.2, 0.25) is 5.91 Å². The van der Waals surface area contributed by atoms with Crippen LogP contribution in [0.25, 0.3) is 10.9 Å². The summed E-state index contributed by atoms with van der Waals surface area (Å²) in [5.74, 6) is -0.413. The summed E-state index contributed by atoms with van der Waals surface area (Å²) in [7, 11) is 0. The van der Waals surface area contributed by atoms with Crippen molar-refractivity contribution in [3.8, 4) is 0 Å². The first kappa shape index (κ1) is 14.5. The number of para-hydroxylation sites is 1. The van der Waals surface area contributed by atoms with Crippen LogP contribution in [-0.2, 0) is 11.2 Å². The van der Waals surface area contributed by atoms with Crippen LogP contribution in [0.2, 0.25) is 0 Å². The van der Waals surface area contributed by atoms with Gasteiger partial charge in [-0.2, -0.15) is 0 Å². The molecule has 0 saturated carbocycles. The molecule has 2 aromatic carbocycles. The Morgan fingerprint density at radius 3 is 2.75 bits per heavy atom. The minimum absolute atomic E-state index is 0.196. The molecule has 0 aliphatic carbocycles. The number of rotatable bonds is 2. The van der Waals surface area contributed by atoms with Gasteiger partial charge in [0.25, 0.3) is 5.91 Å². The monoisotopic (exact) mass is 319 g/mol. The third-order valence-corrected chi connectivity index (χ3v) is 4.48. The van der Waals surface area contributed by atoms with E-state index < -0.39 is 6.04 Å². The Bertz CT molecular complexity index is 958. The molecule has 1 aromatic heterocycles. The van der Waals surface area contributed by atoms with E-state index >= 15 is 0 Å². The number of aromatic amines is 1. The zero-order valence-corrected chi connectivity index (χ0v) is 13.2. The maximum atomic E-state index is 12.6. The summed E-state index contributed by atoms with van der Waals surface area (Å²) in [5.41, 5.74) is 3.98. The van der Waals surface area contributed by atoms with E-state index in [4.69, 9.17) is 0 Å². The smallest absolute Gasteiger partial charge is 0.254 e. The zero-order chi connectivity index (χ0) is 16.7. The highest BCUT2D eigenvalue weighted by atomic mass is 16.2. The molecule has 0 saturated heterocycles. The van der Waals surface area contributed by atoms with Crippen molar-refractivity contribution in [3.05, 3.63) is 65.4 Å². The number of hydrogen-bond acceptors (Lipinski definition) is 2. The van der Waals surface area contributed by atoms with Crippen molar-refractivity contribution in [2.24, 2.45) is 0 Å². The maximum Gasteiger partial charge on any atom is 0.254 e. The highest BCUT2D eigenvalue weighted by molar-refractivity contribution is 6.10. The Balaban J connectivity index is 1.67. The van der Waals surface area contributed by atoms with E-state index in [-0.39, 0.29) is 11.8 Å². The normalized spacial score (nSPS) is 17.1. The van der Waals surface area contributed by atoms with E-state index in [1.807, 2.05) is 49.5 Å². The molecule has 2 amide bonds. The van der Waals surface area contributed by atoms with Crippen LogP contribution in [0.15, 0.2) is 48.7 Å². The number of H-pyrrole nitrogens is 1. The standard InChI is InChI=1S/C19H17N3O2/c1-11-5-4-8-15-17(11)19(24)22-16(18(23)21-15)9-12-10-20-14-7-3-2-6-13(12)14/h2-8,10,16,20H,9H2,1H3,(H,21,23)(H,22,24)/t16-/m0/s1. The molecule has 3 aromatic rings. The summed E-state index contributed by atoms with van der Waals surface area (Å²) in [6, 6.07) is 12.8. The third-order valence-electron chi connectivity index (χ3n) is 4.48. The van der Waals surface area contributed by atoms with Gasteiger partial charge in [0.1, 0.15) is 6.04 Å². The number of aryl methyl sites for hydroxylation is 1. The van der Waals surface area contributed by atoms with Crippen molar-refractivity contribution in [2.75, 3.05) is 5.32 Å². The molecule has 1 aliphatic heterocycles. The number of fused-ring (bicyclic) bond motifs is 2. The lowest BCUT2D eigenvalue weighted by atomic mass is 10.0. The van der Waals surface area contributed by atoms with Gasteiger partial charge in [-0.15, -0.1) is 0 Å². The number of amides is 2. The van der Waals surface area contributed by atoms with E-state index in [0.717, 1.165) is 22.0 Å². The van der Waals surface area contributed by atoms with Crippen molar-refractivity contribution in [1.29, 1.82) is 0 Å². The number of anilines is 1. The number of carbonyl (C=O) groups excluding carboxylic acids is 2. The minimum Gasteiger partial charge on any atom is -0.361 e. The molecule has 120 valence electrons. The summed E-state index contributed by atoms with van der Waals surface area (Å²) >= 11 is 0. The Kier molecular flexibility index (Phi) is 3.34. The van der Waals surface area contributed by atoms with Crippen LogP contribution in [0, 0.1) is 6.92 Å². The second-order valence-electron chi connectivity index (χ2n) is 6.08. The molecule has 24 heavy (non-hydrogen) atoms. The van der Waals surface area contributed by atoms with Gasteiger partial charge in [0.15, 0.2) is 0 Å². The second-order valence-corrected chi connectivity index (χ2v) is 6.08. The van der Waals surface area contributed by atoms with Crippen LogP contribution >= 0.6 is 0 Å². The lowest BCUT2D eigenvalue weighted by Gasteiger charge is -2.14. The first-order chi connectivity index (χ1) is 11.6. The molecule has 0 unspecified atom stereocenters. The van der Waals surface area contributed by atoms with Gasteiger partial charge < -0.3 is 15.6 Å². The van der Waals surface area contributed by atoms with Crippen LogP contribution in [0.3, 0.4) is 0 Å². The predicted octanol–water partition coefficient (Wildman–Crippen LogP) is 2.77. The van der Waals surface area contributed by atoms with Gasteiger partial charge in [-0.25, -0.2) is 0 Å². The molecule has 4 rings (SSSR count). The molecule has 5 heteroatoms. The largest absolute Gasteiger partial charge is 0.361 e. The van der Waals surface area contributed by atoms with Crippen LogP contribution in [0.1, 0.15) is 21.5 Å². The lowest BCUT2D eigenvalue weighted by Crippen LogP contribution is -2.42. The summed E-state index contributed by atoms with van der Waals surface area (Å²) in [6.45, 7) is 1.87. The van der Waals surface area contributed by atoms with E-state index in [9.17, 15) is 9.59 Å². The molecule has 2 heterocycles. The molecule has 0 radical (unpaired) electrons. The summed E-state index contributed by atoms with van der Waals surface area (Å²) < 4.78 is 0. The number of aromatic nitrogens is 1. The zero-order valence-electron chi connectivity index (χ0n) is 13.2. The molecular formula is C19H17N3O2. The number of benzene rings is 2. The summed E-state index contributed by atoms with van der Waals surface area (Å²) in [5, 5.41) is 6.80. The van der Waals surface area contributed by atoms with Crippen molar-refractivity contribution in [3.63, 3.8) is 0 Å². The molecule has 5 nitrogen and oxygen atoms in total. The van der Waals surface area contributed by atoms with Crippen LogP contribution in [0.4, 0.5) is 5.69 Å². The number of nitrogens with one attached hydrogen (secondary N) is 3. The topological polar surface area (TPSA) is 74.0 Å². The average Bonchev–Trinajstić information content (AvgIpc) is 2.92. The van der Waals surface area contributed by atoms with Gasteiger partial charge in [-0.05, 0) is 30.2 Å². The summed E-state index contributed by atoms with van der Waals surface area (Å²) in [6.07, 6.45) is 2.34. The maximum absolute atomic E-state index is 12.6. The Morgan fingerprint density at radius 1 is 1.04 bits per heavy atom. The van der Waals surface area contributed by atoms with Crippen LogP contribution in [0.5, 0.6) is 0 Å². The van der Waals surface area contributed by atoms with Crippen molar-refractivity contribution >= 4 is 28.4 Å². The van der Waals surface area contributed by atoms with Crippen molar-refractivity contribution in [1.82, 2.24) is 10.3 Å². The fourth-order valence-corrected chi connectivity index (χ4v) is 3.25. The summed E-state index contributed by atoms with van der Waals surface area (Å²) in [4.78, 5) is 28.3. The van der Waals surface area contributed by atoms with Crippen molar-refractivity contribution in [2.45, 2.75) is 19.4 Å². The molecule has 0 bridgehead atoms.